The summed E-state index contributed by atoms with van der Waals surface area (Å²) >= 11 is -3.20. The average Bonchev–Trinajstić information content (AvgIpc) is 2.99. The maximum atomic E-state index is 7.32. The first-order valence-electron chi connectivity index (χ1n) is 10.8. The molecule has 0 amide bonds. The molecule has 0 unspecified atom stereocenters. The molecule has 0 saturated heterocycles. The van der Waals surface area contributed by atoms with Gasteiger partial charge in [0.15, 0.2) is 0 Å². The van der Waals surface area contributed by atoms with Crippen LogP contribution in [-0.4, -0.2) is 18.4 Å². The molecule has 0 aromatic heterocycles. The number of rotatable bonds is 3. The van der Waals surface area contributed by atoms with E-state index >= 15 is 0 Å². The van der Waals surface area contributed by atoms with Crippen LogP contribution < -0.4 is 8.51 Å². The van der Waals surface area contributed by atoms with Crippen LogP contribution >= 0.6 is 24.8 Å². The molecule has 1 aliphatic carbocycles. The number of halogens is 2. The van der Waals surface area contributed by atoms with Gasteiger partial charge in [0, 0.05) is 0 Å². The molecule has 6 heteroatoms. The van der Waals surface area contributed by atoms with Crippen molar-refractivity contribution in [3.8, 4) is 5.75 Å². The standard InChI is InChI=1S/C13H22OSi.C9H13.2CH3.2ClH.H3Si.Ti/c1-7-8(2)10(13(4,5)6)12(15)11(14)9(7)3;1-9(2,3)8-6-4-5-7-8;;;;;;/h14H,1-6,15H3;4,6H,5H2,1-3H3;2*1H3;2*1H;1H3;/q;;;;;;;+1/p-1. The molecule has 0 fully saturated rings. The molecule has 0 bridgehead atoms. The van der Waals surface area contributed by atoms with Crippen molar-refractivity contribution in [3.05, 3.63) is 43.9 Å². The van der Waals surface area contributed by atoms with Crippen molar-refractivity contribution in [2.75, 3.05) is 0 Å². The average molecular weight is 525 g/mol. The fourth-order valence-corrected chi connectivity index (χ4v) is 14.9. The van der Waals surface area contributed by atoms with E-state index in [4.69, 9.17) is 3.32 Å². The van der Waals surface area contributed by atoms with Gasteiger partial charge in [0.1, 0.15) is 0 Å². The first-order valence-corrected chi connectivity index (χ1v) is 22.0. The minimum Gasteiger partial charge on any atom is -0.147 e. The molecule has 0 N–H and O–H groups in total. The van der Waals surface area contributed by atoms with Crippen molar-refractivity contribution in [1.29, 1.82) is 0 Å². The first-order chi connectivity index (χ1) is 12.4. The molecule has 1 aliphatic rings. The molecule has 0 radical (unpaired) electrons. The summed E-state index contributed by atoms with van der Waals surface area (Å²) in [6.07, 6.45) is 5.83. The Balaban J connectivity index is 0.00000420. The zero-order chi connectivity index (χ0) is 21.9. The van der Waals surface area contributed by atoms with Crippen molar-refractivity contribution < 1.29 is 18.3 Å². The van der Waals surface area contributed by atoms with Crippen LogP contribution in [0.5, 0.6) is 5.75 Å². The monoisotopic (exact) mass is 523 g/mol. The van der Waals surface area contributed by atoms with E-state index in [0.29, 0.717) is 0 Å². The van der Waals surface area contributed by atoms with Crippen LogP contribution in [0.25, 0.3) is 0 Å². The van der Waals surface area contributed by atoms with E-state index < -0.39 is 14.9 Å². The maximum Gasteiger partial charge on any atom is -0.147 e. The minimum atomic E-state index is -3.20. The van der Waals surface area contributed by atoms with Crippen LogP contribution in [0.4, 0.5) is 0 Å². The number of allylic oxidation sites excluding steroid dienone is 4. The topological polar surface area (TPSA) is 9.23 Å². The second-order valence-electron chi connectivity index (χ2n) is 12.3. The number of benzene rings is 1. The van der Waals surface area contributed by atoms with Gasteiger partial charge in [-0.25, -0.2) is 0 Å². The summed E-state index contributed by atoms with van der Waals surface area (Å²) in [7, 11) is 2.15. The van der Waals surface area contributed by atoms with Gasteiger partial charge in [-0.2, -0.15) is 0 Å². The summed E-state index contributed by atoms with van der Waals surface area (Å²) in [6, 6.07) is 0. The van der Waals surface area contributed by atoms with Crippen molar-refractivity contribution >= 4 is 48.4 Å². The third-order valence-electron chi connectivity index (χ3n) is 6.53. The van der Waals surface area contributed by atoms with Gasteiger partial charge in [-0.15, -0.1) is 24.8 Å². The Morgan fingerprint density at radius 1 is 0.867 bits per heavy atom. The molecule has 1 nitrogen and oxygen atoms in total. The summed E-state index contributed by atoms with van der Waals surface area (Å²) in [5.41, 5.74) is 7.65. The molecule has 0 saturated carbocycles. The van der Waals surface area contributed by atoms with Gasteiger partial charge in [0.2, 0.25) is 0 Å². The van der Waals surface area contributed by atoms with E-state index in [1.165, 1.54) is 38.8 Å². The molecular formula is C24H45Cl2OSi2Ti. The molecule has 0 aliphatic heterocycles. The van der Waals surface area contributed by atoms with Gasteiger partial charge in [-0.1, -0.05) is 0 Å². The van der Waals surface area contributed by atoms with Crippen LogP contribution in [0.3, 0.4) is 0 Å². The molecule has 30 heavy (non-hydrogen) atoms. The Morgan fingerprint density at radius 2 is 1.37 bits per heavy atom. The van der Waals surface area contributed by atoms with Gasteiger partial charge in [-0.05, 0) is 0 Å². The molecule has 2 rings (SSSR count). The third kappa shape index (κ3) is 5.77. The number of hydrogen-bond donors (Lipinski definition) is 0. The van der Waals surface area contributed by atoms with Gasteiger partial charge < -0.3 is 0 Å². The molecule has 0 heterocycles. The second-order valence-corrected chi connectivity index (χ2v) is 35.8. The van der Waals surface area contributed by atoms with E-state index in [0.717, 1.165) is 24.8 Å². The summed E-state index contributed by atoms with van der Waals surface area (Å²) < 4.78 is 8.98. The molecule has 0 atom stereocenters. The quantitative estimate of drug-likeness (QED) is 0.484. The van der Waals surface area contributed by atoms with E-state index in [9.17, 15) is 0 Å². The first kappa shape index (κ1) is 30.2. The van der Waals surface area contributed by atoms with Gasteiger partial charge in [0.05, 0.1) is 0 Å². The van der Waals surface area contributed by atoms with E-state index in [-0.39, 0.29) is 35.6 Å². The second kappa shape index (κ2) is 9.23. The van der Waals surface area contributed by atoms with Crippen molar-refractivity contribution in [2.24, 2.45) is 5.41 Å². The van der Waals surface area contributed by atoms with Gasteiger partial charge >= 0.3 is 181 Å². The van der Waals surface area contributed by atoms with E-state index in [2.05, 4.69) is 84.9 Å². The van der Waals surface area contributed by atoms with Gasteiger partial charge in [0.25, 0.3) is 0 Å². The van der Waals surface area contributed by atoms with Crippen molar-refractivity contribution in [2.45, 2.75) is 84.6 Å². The number of hydrogen-bond acceptors (Lipinski definition) is 1. The van der Waals surface area contributed by atoms with Crippen LogP contribution in [0.2, 0.25) is 10.5 Å². The smallest absolute Gasteiger partial charge is 0.147 e. The van der Waals surface area contributed by atoms with E-state index in [1.807, 2.05) is 0 Å². The Hall–Kier alpha value is 0.228. The minimum absolute atomic E-state index is 0. The fourth-order valence-electron chi connectivity index (χ4n) is 5.03. The van der Waals surface area contributed by atoms with Crippen LogP contribution in [0.1, 0.15) is 70.2 Å². The van der Waals surface area contributed by atoms with E-state index in [1.54, 1.807) is 3.88 Å². The zero-order valence-electron chi connectivity index (χ0n) is 21.6. The Bertz CT molecular complexity index is 880. The Labute approximate surface area is 205 Å². The van der Waals surface area contributed by atoms with Crippen molar-refractivity contribution in [3.63, 3.8) is 0 Å². The normalized spacial score (nSPS) is 16.2. The van der Waals surface area contributed by atoms with Crippen LogP contribution in [0.15, 0.2) is 21.6 Å². The zero-order valence-corrected chi connectivity index (χ0v) is 28.8. The SMILES string of the molecule is Cc1c(C)c([O][Ti]([CH3])([CH3])([SiH3])[C]2=C(C(C)(C)C)C=CC2)c([SiH3])c(C(C)(C)C)c1C.Cl.Cl. The van der Waals surface area contributed by atoms with Crippen molar-refractivity contribution in [1.82, 2.24) is 0 Å². The molecule has 0 spiro atoms. The van der Waals surface area contributed by atoms with Crippen LogP contribution in [0, 0.1) is 26.2 Å². The van der Waals surface area contributed by atoms with Gasteiger partial charge in [-0.3, -0.25) is 0 Å². The third-order valence-corrected chi connectivity index (χ3v) is 16.2. The molecule has 1 aromatic rings. The predicted octanol–water partition coefficient (Wildman–Crippen LogP) is 5.36. The summed E-state index contributed by atoms with van der Waals surface area (Å²) in [4.78, 5) is 0. The maximum absolute atomic E-state index is 7.32. The predicted molar refractivity (Wildman–Crippen MR) is 146 cm³/mol. The molecule has 173 valence electrons. The summed E-state index contributed by atoms with van der Waals surface area (Å²) in [5.74, 6) is 1.24. The Kier molecular flexibility index (Phi) is 9.30. The summed E-state index contributed by atoms with van der Waals surface area (Å²) in [6.45, 7) is 20.9. The molecule has 1 aromatic carbocycles. The van der Waals surface area contributed by atoms with Crippen LogP contribution in [-0.2, 0) is 20.4 Å². The Morgan fingerprint density at radius 3 is 1.80 bits per heavy atom. The largest absolute Gasteiger partial charge is 0.147 e. The fraction of sp³-hybridized carbons (Fsp3) is 0.583. The molecular weight excluding hydrogens is 479 g/mol. The summed E-state index contributed by atoms with van der Waals surface area (Å²) in [5, 5.41) is 6.53.